The van der Waals surface area contributed by atoms with E-state index in [-0.39, 0.29) is 32.5 Å². The monoisotopic (exact) mass is 964 g/mol. The molecule has 0 radical (unpaired) electrons. The third-order valence-corrected chi connectivity index (χ3v) is 9.85. The summed E-state index contributed by atoms with van der Waals surface area (Å²) < 4.78 is 17.8. The topological polar surface area (TPSA) is 168 Å². The number of benzene rings is 4. The molecular weight excluding hydrogens is 920 g/mol. The Morgan fingerprint density at radius 3 is 1.29 bits per heavy atom. The van der Waals surface area contributed by atoms with E-state index in [1.807, 2.05) is 130 Å². The van der Waals surface area contributed by atoms with Crippen molar-refractivity contribution in [2.75, 3.05) is 0 Å². The lowest BCUT2D eigenvalue weighted by molar-refractivity contribution is -0.164. The lowest BCUT2D eigenvalue weighted by Gasteiger charge is -2.24. The number of halogens is 2. The van der Waals surface area contributed by atoms with E-state index in [2.05, 4.69) is 51.8 Å². The highest BCUT2D eigenvalue weighted by atomic mass is 79.9. The summed E-state index contributed by atoms with van der Waals surface area (Å²) in [6.07, 6.45) is 7.06. The number of carboxylic acid groups (broad SMARTS) is 1. The number of carbonyl (C=O) groups excluding carboxylic acids is 3. The van der Waals surface area contributed by atoms with Crippen LogP contribution < -0.4 is 0 Å². The summed E-state index contributed by atoms with van der Waals surface area (Å²) in [7, 11) is 0. The molecule has 2 aromatic heterocycles. The zero-order valence-electron chi connectivity index (χ0n) is 34.4. The minimum absolute atomic E-state index is 0.0562. The number of ether oxygens (including phenoxy) is 3. The summed E-state index contributed by atoms with van der Waals surface area (Å²) >= 11 is 6.62. The molecule has 0 amide bonds. The predicted molar refractivity (Wildman–Crippen MR) is 240 cm³/mol. The summed E-state index contributed by atoms with van der Waals surface area (Å²) in [4.78, 5) is 66.1. The van der Waals surface area contributed by atoms with Crippen molar-refractivity contribution < 1.29 is 38.5 Å². The Kier molecular flexibility index (Phi) is 17.6. The van der Waals surface area contributed by atoms with Crippen molar-refractivity contribution in [2.45, 2.75) is 65.3 Å². The first-order valence-electron chi connectivity index (χ1n) is 19.7. The van der Waals surface area contributed by atoms with Gasteiger partial charge in [0, 0.05) is 35.9 Å². The molecule has 0 aliphatic rings. The SMILES string of the molecule is CC(C)(C)OC(=O)[C@@H](CC(=O)OCc1ccccc1)Cc1ccc(-c2ncc(Br)cn2)cc1.O=C(C[C@@H](Cc1ccc(-c2ncc(Br)cn2)cc1)C(=O)O)OCc1ccccc1. The van der Waals surface area contributed by atoms with Crippen LogP contribution in [-0.2, 0) is 59.4 Å². The Morgan fingerprint density at radius 1 is 0.548 bits per heavy atom. The van der Waals surface area contributed by atoms with Gasteiger partial charge in [-0.1, -0.05) is 109 Å². The third kappa shape index (κ3) is 16.1. The molecule has 0 aliphatic heterocycles. The number of carboxylic acids is 1. The number of hydrogen-bond acceptors (Lipinski definition) is 11. The summed E-state index contributed by atoms with van der Waals surface area (Å²) in [5.74, 6) is -2.72. The van der Waals surface area contributed by atoms with E-state index in [0.717, 1.165) is 42.3 Å². The van der Waals surface area contributed by atoms with Gasteiger partial charge in [0.1, 0.15) is 18.8 Å². The van der Waals surface area contributed by atoms with Gasteiger partial charge in [-0.05, 0) is 87.7 Å². The van der Waals surface area contributed by atoms with E-state index in [1.54, 1.807) is 24.8 Å². The van der Waals surface area contributed by atoms with Crippen LogP contribution in [0.2, 0.25) is 0 Å². The quantitative estimate of drug-likeness (QED) is 0.0722. The molecule has 320 valence electrons. The molecule has 0 saturated carbocycles. The van der Waals surface area contributed by atoms with Crippen LogP contribution in [0.1, 0.15) is 55.9 Å². The van der Waals surface area contributed by atoms with Crippen LogP contribution in [0.4, 0.5) is 0 Å². The fourth-order valence-corrected chi connectivity index (χ4v) is 6.35. The maximum absolute atomic E-state index is 12.8. The van der Waals surface area contributed by atoms with Gasteiger partial charge in [0.25, 0.3) is 0 Å². The molecular formula is C48H46Br2N4O8. The fraction of sp³-hybridized carbons (Fsp3) is 0.250. The fourth-order valence-electron chi connectivity index (χ4n) is 5.94. The van der Waals surface area contributed by atoms with Gasteiger partial charge in [-0.2, -0.15) is 0 Å². The first-order valence-corrected chi connectivity index (χ1v) is 21.3. The number of carbonyl (C=O) groups is 4. The zero-order valence-corrected chi connectivity index (χ0v) is 37.6. The Hall–Kier alpha value is -6.12. The van der Waals surface area contributed by atoms with Crippen molar-refractivity contribution >= 4 is 55.7 Å². The Bertz CT molecular complexity index is 2360. The predicted octanol–water partition coefficient (Wildman–Crippen LogP) is 9.82. The number of rotatable bonds is 16. The van der Waals surface area contributed by atoms with E-state index in [1.165, 1.54) is 0 Å². The minimum Gasteiger partial charge on any atom is -0.481 e. The third-order valence-electron chi connectivity index (χ3n) is 9.03. The highest BCUT2D eigenvalue weighted by molar-refractivity contribution is 9.10. The maximum atomic E-state index is 12.8. The van der Waals surface area contributed by atoms with Crippen molar-refractivity contribution in [2.24, 2.45) is 11.8 Å². The standard InChI is InChI=1S/C26H27BrN2O4.C22H19BrN2O4/c1-26(2,3)33-25(31)21(14-23(30)32-17-19-7-5-4-6-8-19)13-18-9-11-20(12-10-18)24-28-15-22(27)16-29-24;23-19-12-24-21(25-13-19)17-8-6-15(7-9-17)10-18(22(27)28)11-20(26)29-14-16-4-2-1-3-5-16/h4-12,15-16,21H,13-14,17H2,1-3H3;1-9,12-13,18H,10-11,14H2,(H,27,28)/t21-;18-/m11/s1. The highest BCUT2D eigenvalue weighted by Gasteiger charge is 2.28. The van der Waals surface area contributed by atoms with Gasteiger partial charge in [-0.25, -0.2) is 19.9 Å². The van der Waals surface area contributed by atoms with Gasteiger partial charge in [-0.3, -0.25) is 19.2 Å². The molecule has 2 atom stereocenters. The molecule has 2 heterocycles. The van der Waals surface area contributed by atoms with Crippen LogP contribution in [0, 0.1) is 11.8 Å². The van der Waals surface area contributed by atoms with Gasteiger partial charge >= 0.3 is 23.9 Å². The lowest BCUT2D eigenvalue weighted by atomic mass is 9.95. The molecule has 1 N–H and O–H groups in total. The van der Waals surface area contributed by atoms with E-state index in [9.17, 15) is 24.3 Å². The molecule has 6 rings (SSSR count). The molecule has 6 aromatic rings. The summed E-state index contributed by atoms with van der Waals surface area (Å²) in [6.45, 7) is 5.73. The first-order chi connectivity index (χ1) is 29.7. The smallest absolute Gasteiger partial charge is 0.310 e. The summed E-state index contributed by atoms with van der Waals surface area (Å²) in [6, 6.07) is 33.7. The number of hydrogen-bond donors (Lipinski definition) is 1. The van der Waals surface area contributed by atoms with Crippen LogP contribution in [0.15, 0.2) is 143 Å². The first kappa shape index (κ1) is 46.9. The largest absolute Gasteiger partial charge is 0.481 e. The second-order valence-corrected chi connectivity index (χ2v) is 17.0. The molecule has 0 unspecified atom stereocenters. The average molecular weight is 967 g/mol. The molecule has 0 fully saturated rings. The van der Waals surface area contributed by atoms with Crippen molar-refractivity contribution in [3.8, 4) is 22.8 Å². The van der Waals surface area contributed by atoms with Crippen LogP contribution in [0.5, 0.6) is 0 Å². The van der Waals surface area contributed by atoms with Gasteiger partial charge < -0.3 is 19.3 Å². The normalized spacial score (nSPS) is 11.9. The molecule has 12 nitrogen and oxygen atoms in total. The van der Waals surface area contributed by atoms with E-state index in [0.29, 0.717) is 18.1 Å². The van der Waals surface area contributed by atoms with Gasteiger partial charge in [0.05, 0.1) is 33.6 Å². The second kappa shape index (κ2) is 23.2. The molecule has 0 aliphatic carbocycles. The molecule has 4 aromatic carbocycles. The van der Waals surface area contributed by atoms with Crippen LogP contribution in [0.3, 0.4) is 0 Å². The number of aromatic nitrogens is 4. The number of nitrogens with zero attached hydrogens (tertiary/aromatic N) is 4. The van der Waals surface area contributed by atoms with Crippen LogP contribution >= 0.6 is 31.9 Å². The van der Waals surface area contributed by atoms with Crippen molar-refractivity contribution in [1.82, 2.24) is 19.9 Å². The van der Waals surface area contributed by atoms with Crippen LogP contribution in [-0.4, -0.2) is 54.5 Å². The molecule has 0 spiro atoms. The average Bonchev–Trinajstić information content (AvgIpc) is 3.26. The molecule has 62 heavy (non-hydrogen) atoms. The Labute approximate surface area is 377 Å². The van der Waals surface area contributed by atoms with Gasteiger partial charge in [0.15, 0.2) is 11.6 Å². The highest BCUT2D eigenvalue weighted by Crippen LogP contribution is 2.23. The minimum atomic E-state index is -1.03. The lowest BCUT2D eigenvalue weighted by Crippen LogP contribution is -2.31. The van der Waals surface area contributed by atoms with Gasteiger partial charge in [0.2, 0.25) is 0 Å². The van der Waals surface area contributed by atoms with E-state index >= 15 is 0 Å². The number of esters is 3. The second-order valence-electron chi connectivity index (χ2n) is 15.2. The molecule has 0 bridgehead atoms. The van der Waals surface area contributed by atoms with E-state index < -0.39 is 41.3 Å². The maximum Gasteiger partial charge on any atom is 0.310 e. The number of aliphatic carboxylic acids is 1. The molecule has 0 saturated heterocycles. The van der Waals surface area contributed by atoms with E-state index in [4.69, 9.17) is 14.2 Å². The van der Waals surface area contributed by atoms with Gasteiger partial charge in [-0.15, -0.1) is 0 Å². The van der Waals surface area contributed by atoms with Crippen molar-refractivity contribution in [1.29, 1.82) is 0 Å². The van der Waals surface area contributed by atoms with Crippen molar-refractivity contribution in [3.63, 3.8) is 0 Å². The van der Waals surface area contributed by atoms with Crippen molar-refractivity contribution in [3.05, 3.63) is 165 Å². The zero-order chi connectivity index (χ0) is 44.5. The van der Waals surface area contributed by atoms with Crippen LogP contribution in [0.25, 0.3) is 22.8 Å². The Balaban J connectivity index is 0.000000236. The summed E-state index contributed by atoms with van der Waals surface area (Å²) in [5.41, 5.74) is 4.52. The Morgan fingerprint density at radius 2 is 0.919 bits per heavy atom. The summed E-state index contributed by atoms with van der Waals surface area (Å²) in [5, 5.41) is 9.50. The molecule has 14 heteroatoms.